The average molecular weight is 343 g/mol. The Labute approximate surface area is 143 Å². The number of carbonyl (C=O) groups is 1. The quantitative estimate of drug-likeness (QED) is 0.810. The van der Waals surface area contributed by atoms with Crippen LogP contribution in [0.15, 0.2) is 36.4 Å². The van der Waals surface area contributed by atoms with Gasteiger partial charge in [0.05, 0.1) is 25.2 Å². The molecule has 0 fully saturated rings. The van der Waals surface area contributed by atoms with Gasteiger partial charge in [-0.3, -0.25) is 4.79 Å². The maximum atomic E-state index is 12.5. The van der Waals surface area contributed by atoms with Crippen LogP contribution in [0.2, 0.25) is 0 Å². The summed E-state index contributed by atoms with van der Waals surface area (Å²) in [5.41, 5.74) is 1.21. The molecule has 0 aromatic heterocycles. The van der Waals surface area contributed by atoms with Crippen molar-refractivity contribution in [3.8, 4) is 17.2 Å². The minimum Gasteiger partial charge on any atom is -0.595 e. The van der Waals surface area contributed by atoms with E-state index in [0.29, 0.717) is 36.0 Å². The molecule has 0 spiro atoms. The molecule has 7 nitrogen and oxygen atoms in total. The largest absolute Gasteiger partial charge is 0.595 e. The number of hydrogen-bond donors (Lipinski definition) is 2. The Bertz CT molecular complexity index is 819. The Hall–Kier alpha value is -2.61. The number of ether oxygens (including phenoxy) is 3. The van der Waals surface area contributed by atoms with Crippen LogP contribution in [0.4, 0.5) is 5.69 Å². The van der Waals surface area contributed by atoms with Gasteiger partial charge in [-0.15, -0.1) is 0 Å². The van der Waals surface area contributed by atoms with E-state index in [9.17, 15) is 10.0 Å². The lowest BCUT2D eigenvalue weighted by atomic mass is 9.95. The van der Waals surface area contributed by atoms with E-state index in [4.69, 9.17) is 19.4 Å². The fourth-order valence-corrected chi connectivity index (χ4v) is 3.02. The van der Waals surface area contributed by atoms with Crippen molar-refractivity contribution in [2.45, 2.75) is 18.9 Å². The lowest BCUT2D eigenvalue weighted by Crippen LogP contribution is -2.99. The van der Waals surface area contributed by atoms with Crippen molar-refractivity contribution in [3.63, 3.8) is 0 Å². The van der Waals surface area contributed by atoms with Crippen molar-refractivity contribution < 1.29 is 29.4 Å². The van der Waals surface area contributed by atoms with Gasteiger partial charge in [0.25, 0.3) is 0 Å². The number of nitrogens with one attached hydrogen (secondary N) is 1. The summed E-state index contributed by atoms with van der Waals surface area (Å²) in [6, 6.07) is 9.87. The SMILES string of the molecule is O=C1C[C@H](c2ccc3c(c2)OCCCO3)Oc2ccc([NH+]([O-])O)cc21. The molecule has 2 aliphatic rings. The van der Waals surface area contributed by atoms with Crippen LogP contribution in [0.3, 0.4) is 0 Å². The number of fused-ring (bicyclic) bond motifs is 2. The van der Waals surface area contributed by atoms with E-state index < -0.39 is 11.3 Å². The lowest BCUT2D eigenvalue weighted by Gasteiger charge is -2.26. The molecule has 130 valence electrons. The second-order valence-electron chi connectivity index (χ2n) is 6.01. The molecule has 2 aliphatic heterocycles. The Balaban J connectivity index is 1.63. The monoisotopic (exact) mass is 343 g/mol. The third kappa shape index (κ3) is 3.05. The van der Waals surface area contributed by atoms with E-state index in [2.05, 4.69) is 0 Å². The molecule has 0 aliphatic carbocycles. The molecule has 0 saturated carbocycles. The molecular formula is C18H17NO6. The van der Waals surface area contributed by atoms with Gasteiger partial charge < -0.3 is 19.4 Å². The normalized spacial score (nSPS) is 20.2. The minimum absolute atomic E-state index is 0.0738. The standard InChI is InChI=1S/C18H17NO6/c20-14-10-17(25-15-5-3-12(19(21)22)9-13(14)15)11-2-4-16-18(8-11)24-7-1-6-23-16/h2-5,8-9,17,19,21H,1,6-7,10H2/t17-/m1/s1. The molecule has 0 saturated heterocycles. The van der Waals surface area contributed by atoms with Crippen molar-refractivity contribution in [1.82, 2.24) is 0 Å². The summed E-state index contributed by atoms with van der Waals surface area (Å²) >= 11 is 0. The van der Waals surface area contributed by atoms with Gasteiger partial charge in [0, 0.05) is 18.6 Å². The molecule has 25 heavy (non-hydrogen) atoms. The molecule has 1 unspecified atom stereocenters. The summed E-state index contributed by atoms with van der Waals surface area (Å²) < 4.78 is 17.2. The van der Waals surface area contributed by atoms with Crippen LogP contribution in [0, 0.1) is 5.21 Å². The van der Waals surface area contributed by atoms with Gasteiger partial charge in [-0.2, -0.15) is 5.23 Å². The van der Waals surface area contributed by atoms with E-state index in [1.54, 1.807) is 0 Å². The Morgan fingerprint density at radius 3 is 2.60 bits per heavy atom. The summed E-state index contributed by atoms with van der Waals surface area (Å²) in [7, 11) is 0. The van der Waals surface area contributed by atoms with Gasteiger partial charge in [0.1, 0.15) is 11.9 Å². The van der Waals surface area contributed by atoms with Crippen molar-refractivity contribution in [2.24, 2.45) is 0 Å². The predicted octanol–water partition coefficient (Wildman–Crippen LogP) is 1.96. The van der Waals surface area contributed by atoms with Gasteiger partial charge in [0.15, 0.2) is 23.0 Å². The van der Waals surface area contributed by atoms with Gasteiger partial charge in [-0.25, -0.2) is 5.21 Å². The fraction of sp³-hybridized carbons (Fsp3) is 0.278. The zero-order valence-corrected chi connectivity index (χ0v) is 13.4. The molecule has 0 bridgehead atoms. The number of quaternary nitrogens is 1. The summed E-state index contributed by atoms with van der Waals surface area (Å²) in [5.74, 6) is 1.60. The maximum absolute atomic E-state index is 12.5. The second kappa shape index (κ2) is 6.36. The molecule has 2 heterocycles. The highest BCUT2D eigenvalue weighted by Gasteiger charge is 2.29. The first-order valence-corrected chi connectivity index (χ1v) is 8.08. The van der Waals surface area contributed by atoms with Gasteiger partial charge in [-0.1, -0.05) is 6.07 Å². The number of benzene rings is 2. The summed E-state index contributed by atoms with van der Waals surface area (Å²) in [6.45, 7) is 1.20. The highest BCUT2D eigenvalue weighted by atomic mass is 16.8. The summed E-state index contributed by atoms with van der Waals surface area (Å²) in [6.07, 6.45) is 0.532. The zero-order chi connectivity index (χ0) is 17.4. The average Bonchev–Trinajstić information content (AvgIpc) is 2.86. The van der Waals surface area contributed by atoms with Gasteiger partial charge >= 0.3 is 0 Å². The lowest BCUT2D eigenvalue weighted by molar-refractivity contribution is -0.991. The minimum atomic E-state index is -1.07. The molecule has 7 heteroatoms. The number of ketones is 1. The van der Waals surface area contributed by atoms with Crippen LogP contribution in [0.25, 0.3) is 0 Å². The predicted molar refractivity (Wildman–Crippen MR) is 86.6 cm³/mol. The third-order valence-electron chi connectivity index (χ3n) is 4.31. The molecule has 0 radical (unpaired) electrons. The molecule has 2 aromatic rings. The Morgan fingerprint density at radius 2 is 1.80 bits per heavy atom. The van der Waals surface area contributed by atoms with Gasteiger partial charge in [-0.05, 0) is 23.8 Å². The van der Waals surface area contributed by atoms with Crippen molar-refractivity contribution >= 4 is 11.5 Å². The van der Waals surface area contributed by atoms with Crippen molar-refractivity contribution in [2.75, 3.05) is 13.2 Å². The van der Waals surface area contributed by atoms with Crippen LogP contribution in [0.1, 0.15) is 34.9 Å². The summed E-state index contributed by atoms with van der Waals surface area (Å²) in [5, 5.41) is 19.1. The zero-order valence-electron chi connectivity index (χ0n) is 13.4. The Morgan fingerprint density at radius 1 is 1.04 bits per heavy atom. The van der Waals surface area contributed by atoms with Crippen LogP contribution < -0.4 is 19.4 Å². The number of rotatable bonds is 2. The van der Waals surface area contributed by atoms with Crippen LogP contribution in [-0.4, -0.2) is 24.2 Å². The molecular weight excluding hydrogens is 326 g/mol. The van der Waals surface area contributed by atoms with Gasteiger partial charge in [0.2, 0.25) is 0 Å². The fourth-order valence-electron chi connectivity index (χ4n) is 3.02. The second-order valence-corrected chi connectivity index (χ2v) is 6.01. The van der Waals surface area contributed by atoms with E-state index in [0.717, 1.165) is 12.0 Å². The first-order valence-electron chi connectivity index (χ1n) is 8.08. The molecule has 2 atom stereocenters. The Kier molecular flexibility index (Phi) is 4.04. The smallest absolute Gasteiger partial charge is 0.170 e. The number of carbonyl (C=O) groups excluding carboxylic acids is 1. The molecule has 2 aromatic carbocycles. The van der Waals surface area contributed by atoms with E-state index in [-0.39, 0.29) is 17.9 Å². The van der Waals surface area contributed by atoms with Crippen LogP contribution in [-0.2, 0) is 0 Å². The first kappa shape index (κ1) is 15.9. The molecule has 4 rings (SSSR count). The summed E-state index contributed by atoms with van der Waals surface area (Å²) in [4.78, 5) is 12.5. The van der Waals surface area contributed by atoms with E-state index in [1.807, 2.05) is 18.2 Å². The first-order chi connectivity index (χ1) is 12.1. The highest BCUT2D eigenvalue weighted by Crippen LogP contribution is 2.39. The van der Waals surface area contributed by atoms with Crippen molar-refractivity contribution in [3.05, 3.63) is 52.7 Å². The topological polar surface area (TPSA) is 92.5 Å². The van der Waals surface area contributed by atoms with Crippen LogP contribution >= 0.6 is 0 Å². The van der Waals surface area contributed by atoms with E-state index >= 15 is 0 Å². The van der Waals surface area contributed by atoms with Crippen LogP contribution in [0.5, 0.6) is 17.2 Å². The maximum Gasteiger partial charge on any atom is 0.170 e. The number of hydrogen-bond acceptors (Lipinski definition) is 6. The van der Waals surface area contributed by atoms with E-state index in [1.165, 1.54) is 18.2 Å². The number of Topliss-reactive ketones (excluding diaryl/α,β-unsaturated/α-hetero) is 1. The third-order valence-corrected chi connectivity index (χ3v) is 4.31. The highest BCUT2D eigenvalue weighted by molar-refractivity contribution is 6.00. The molecule has 2 N–H and O–H groups in total. The molecule has 0 amide bonds. The van der Waals surface area contributed by atoms with Crippen molar-refractivity contribution in [1.29, 1.82) is 0 Å².